The van der Waals surface area contributed by atoms with E-state index in [4.69, 9.17) is 9.16 Å². The van der Waals surface area contributed by atoms with Crippen LogP contribution in [0.15, 0.2) is 24.3 Å². The number of unbranched alkanes of at least 4 members (excludes halogenated alkanes) is 2. The van der Waals surface area contributed by atoms with Crippen molar-refractivity contribution in [1.82, 2.24) is 4.90 Å². The third kappa shape index (κ3) is 6.08. The van der Waals surface area contributed by atoms with Crippen molar-refractivity contribution < 1.29 is 19.1 Å². The van der Waals surface area contributed by atoms with Gasteiger partial charge >= 0.3 is 6.09 Å². The molecule has 5 nitrogen and oxygen atoms in total. The molecular weight excluding hydrogens is 394 g/mol. The van der Waals surface area contributed by atoms with E-state index in [0.717, 1.165) is 44.3 Å². The van der Waals surface area contributed by atoms with Gasteiger partial charge in [-0.15, -0.1) is 0 Å². The summed E-state index contributed by atoms with van der Waals surface area (Å²) in [6.07, 6.45) is 4.51. The van der Waals surface area contributed by atoms with Crippen molar-refractivity contribution in [2.24, 2.45) is 5.92 Å². The minimum atomic E-state index is -1.68. The third-order valence-electron chi connectivity index (χ3n) is 6.91. The van der Waals surface area contributed by atoms with Gasteiger partial charge in [0, 0.05) is 25.7 Å². The molecule has 0 unspecified atom stereocenters. The summed E-state index contributed by atoms with van der Waals surface area (Å²) in [6.45, 7) is 12.9. The maximum Gasteiger partial charge on any atom is 0.410 e. The van der Waals surface area contributed by atoms with E-state index in [9.17, 15) is 9.90 Å². The number of aliphatic hydroxyl groups is 1. The molecule has 2 atom stereocenters. The van der Waals surface area contributed by atoms with Crippen molar-refractivity contribution in [3.8, 4) is 0 Å². The maximum atomic E-state index is 12.4. The van der Waals surface area contributed by atoms with E-state index in [2.05, 4.69) is 46.0 Å². The molecule has 0 spiro atoms. The van der Waals surface area contributed by atoms with Gasteiger partial charge in [0.25, 0.3) is 0 Å². The molecule has 1 amide bonds. The largest absolute Gasteiger partial charge is 0.453 e. The Morgan fingerprint density at radius 3 is 2.57 bits per heavy atom. The topological polar surface area (TPSA) is 59.0 Å². The molecule has 1 heterocycles. The minimum Gasteiger partial charge on any atom is -0.453 e. The second kappa shape index (κ2) is 10.8. The van der Waals surface area contributed by atoms with E-state index in [-0.39, 0.29) is 29.7 Å². The van der Waals surface area contributed by atoms with Crippen LogP contribution in [0.25, 0.3) is 0 Å². The molecule has 170 valence electrons. The summed E-state index contributed by atoms with van der Waals surface area (Å²) in [5, 5.41) is 10.4. The number of carbonyl (C=O) groups excluding carboxylic acids is 1. The molecule has 1 aromatic rings. The first-order chi connectivity index (χ1) is 14.1. The van der Waals surface area contributed by atoms with Gasteiger partial charge in [0.05, 0.1) is 13.2 Å². The molecule has 1 aromatic carbocycles. The smallest absolute Gasteiger partial charge is 0.410 e. The summed E-state index contributed by atoms with van der Waals surface area (Å²) in [7, 11) is -0.257. The van der Waals surface area contributed by atoms with E-state index in [1.807, 2.05) is 12.1 Å². The molecule has 0 radical (unpaired) electrons. The third-order valence-corrected chi connectivity index (χ3v) is 11.4. The average Bonchev–Trinajstić information content (AvgIpc) is 2.71. The number of nitrogens with zero attached hydrogens (tertiary/aromatic N) is 1. The highest BCUT2D eigenvalue weighted by Crippen LogP contribution is 2.38. The molecule has 0 aliphatic carbocycles. The number of fused-ring (bicyclic) bond motifs is 1. The van der Waals surface area contributed by atoms with Gasteiger partial charge in [-0.05, 0) is 48.5 Å². The lowest BCUT2D eigenvalue weighted by molar-refractivity contribution is 0.0622. The van der Waals surface area contributed by atoms with E-state index in [0.29, 0.717) is 6.54 Å². The number of amides is 1. The standard InChI is InChI=1S/C24H41NO4Si/c1-24(2,3)30(5,6)29-17-11-7-8-13-20(18-26)22-21-14-10-9-12-19(21)15-16-25(22)23(27)28-4/h9-10,12,14,20,22,26H,7-8,11,13,15-18H2,1-6H3/t20-,22+/m0/s1. The zero-order chi connectivity index (χ0) is 22.4. The van der Waals surface area contributed by atoms with Crippen LogP contribution in [0.5, 0.6) is 0 Å². The van der Waals surface area contributed by atoms with Crippen LogP contribution in [-0.2, 0) is 15.6 Å². The van der Waals surface area contributed by atoms with E-state index in [1.54, 1.807) is 4.90 Å². The number of benzene rings is 1. The Labute approximate surface area is 183 Å². The molecule has 0 bridgehead atoms. The molecular formula is C24H41NO4Si. The number of methoxy groups -OCH3 is 1. The molecule has 0 saturated heterocycles. The van der Waals surface area contributed by atoms with Gasteiger partial charge in [0.2, 0.25) is 0 Å². The Bertz CT molecular complexity index is 686. The van der Waals surface area contributed by atoms with Crippen molar-refractivity contribution in [2.75, 3.05) is 26.9 Å². The second-order valence-electron chi connectivity index (χ2n) is 9.96. The SMILES string of the molecule is COC(=O)N1CCc2ccccc2[C@H]1[C@H](CO)CCCCCO[Si](C)(C)C(C)(C)C. The van der Waals surface area contributed by atoms with Crippen LogP contribution in [0.1, 0.15) is 63.6 Å². The predicted molar refractivity (Wildman–Crippen MR) is 124 cm³/mol. The lowest BCUT2D eigenvalue weighted by Crippen LogP contribution is -2.44. The van der Waals surface area contributed by atoms with E-state index >= 15 is 0 Å². The Kier molecular flexibility index (Phi) is 8.94. The maximum absolute atomic E-state index is 12.4. The summed E-state index contributed by atoms with van der Waals surface area (Å²) in [5.74, 6) is 0.00635. The zero-order valence-corrected chi connectivity index (χ0v) is 20.7. The second-order valence-corrected chi connectivity index (χ2v) is 14.8. The summed E-state index contributed by atoms with van der Waals surface area (Å²) < 4.78 is 11.3. The minimum absolute atomic E-state index is 0.00635. The van der Waals surface area contributed by atoms with Crippen LogP contribution in [0.3, 0.4) is 0 Å². The van der Waals surface area contributed by atoms with E-state index < -0.39 is 8.32 Å². The molecule has 30 heavy (non-hydrogen) atoms. The number of hydrogen-bond acceptors (Lipinski definition) is 4. The Morgan fingerprint density at radius 2 is 1.93 bits per heavy atom. The fraction of sp³-hybridized carbons (Fsp3) is 0.708. The Morgan fingerprint density at radius 1 is 1.23 bits per heavy atom. The molecule has 0 fully saturated rings. The van der Waals surface area contributed by atoms with Crippen LogP contribution in [0.2, 0.25) is 18.1 Å². The fourth-order valence-corrected chi connectivity index (χ4v) is 5.09. The van der Waals surface area contributed by atoms with Gasteiger partial charge in [-0.1, -0.05) is 57.9 Å². The van der Waals surface area contributed by atoms with Crippen molar-refractivity contribution in [1.29, 1.82) is 0 Å². The summed E-state index contributed by atoms with van der Waals surface area (Å²) in [4.78, 5) is 14.2. The highest BCUT2D eigenvalue weighted by molar-refractivity contribution is 6.74. The first-order valence-corrected chi connectivity index (χ1v) is 14.2. The zero-order valence-electron chi connectivity index (χ0n) is 19.7. The van der Waals surface area contributed by atoms with Crippen LogP contribution < -0.4 is 0 Å². The molecule has 2 rings (SSSR count). The molecule has 0 saturated carbocycles. The lowest BCUT2D eigenvalue weighted by atomic mass is 9.82. The van der Waals surface area contributed by atoms with Gasteiger partial charge < -0.3 is 19.2 Å². The summed E-state index contributed by atoms with van der Waals surface area (Å²) in [6, 6.07) is 8.14. The van der Waals surface area contributed by atoms with Crippen molar-refractivity contribution >= 4 is 14.4 Å². The van der Waals surface area contributed by atoms with Crippen LogP contribution >= 0.6 is 0 Å². The van der Waals surface area contributed by atoms with Crippen LogP contribution in [0, 0.1) is 5.92 Å². The summed E-state index contributed by atoms with van der Waals surface area (Å²) >= 11 is 0. The fourth-order valence-electron chi connectivity index (χ4n) is 4.01. The number of aliphatic hydroxyl groups excluding tert-OH is 1. The van der Waals surface area contributed by atoms with Crippen molar-refractivity contribution in [3.05, 3.63) is 35.4 Å². The van der Waals surface area contributed by atoms with Gasteiger partial charge in [-0.3, -0.25) is 0 Å². The normalized spacial score (nSPS) is 18.1. The number of ether oxygens (including phenoxy) is 1. The molecule has 6 heteroatoms. The van der Waals surface area contributed by atoms with Gasteiger partial charge in [0.1, 0.15) is 0 Å². The highest BCUT2D eigenvalue weighted by Gasteiger charge is 2.37. The average molecular weight is 436 g/mol. The lowest BCUT2D eigenvalue weighted by Gasteiger charge is -2.40. The molecule has 1 aliphatic heterocycles. The Hall–Kier alpha value is -1.37. The van der Waals surface area contributed by atoms with Crippen LogP contribution in [-0.4, -0.2) is 51.3 Å². The highest BCUT2D eigenvalue weighted by atomic mass is 28.4. The molecule has 1 N–H and O–H groups in total. The summed E-state index contributed by atoms with van der Waals surface area (Å²) in [5.41, 5.74) is 2.42. The van der Waals surface area contributed by atoms with Crippen LogP contribution in [0.4, 0.5) is 4.79 Å². The predicted octanol–water partition coefficient (Wildman–Crippen LogP) is 5.54. The first kappa shape index (κ1) is 24.9. The number of carbonyl (C=O) groups is 1. The van der Waals surface area contributed by atoms with Crippen molar-refractivity contribution in [3.63, 3.8) is 0 Å². The monoisotopic (exact) mass is 435 g/mol. The molecule has 0 aromatic heterocycles. The first-order valence-electron chi connectivity index (χ1n) is 11.3. The van der Waals surface area contributed by atoms with E-state index in [1.165, 1.54) is 12.7 Å². The number of rotatable bonds is 9. The van der Waals surface area contributed by atoms with Gasteiger partial charge in [-0.2, -0.15) is 0 Å². The molecule has 1 aliphatic rings. The number of hydrogen-bond donors (Lipinski definition) is 1. The van der Waals surface area contributed by atoms with Crippen molar-refractivity contribution in [2.45, 2.75) is 77.0 Å². The quantitative estimate of drug-likeness (QED) is 0.408. The Balaban J connectivity index is 1.94. The van der Waals surface area contributed by atoms with Gasteiger partial charge in [0.15, 0.2) is 8.32 Å². The van der Waals surface area contributed by atoms with Gasteiger partial charge in [-0.25, -0.2) is 4.79 Å².